The van der Waals surface area contributed by atoms with Gasteiger partial charge in [-0.25, -0.2) is 9.97 Å². The van der Waals surface area contributed by atoms with Crippen molar-refractivity contribution in [1.82, 2.24) is 9.97 Å². The fraction of sp³-hybridized carbons (Fsp3) is 0. The summed E-state index contributed by atoms with van der Waals surface area (Å²) in [5, 5.41) is 11.2. The molecule has 8 rings (SSSR count). The van der Waals surface area contributed by atoms with E-state index in [4.69, 9.17) is 15.4 Å². The molecular weight excluding hydrogens is 607 g/mol. The van der Waals surface area contributed by atoms with E-state index in [2.05, 4.69) is 115 Å². The number of allylic oxidation sites excluding steroid dienone is 1. The Morgan fingerprint density at radius 2 is 0.980 bits per heavy atom. The van der Waals surface area contributed by atoms with Gasteiger partial charge in [-0.15, -0.1) is 0 Å². The van der Waals surface area contributed by atoms with Crippen LogP contribution in [0, 0.1) is 5.41 Å². The minimum Gasteiger partial charge on any atom is -0.300 e. The second-order valence-electron chi connectivity index (χ2n) is 12.2. The Labute approximate surface area is 292 Å². The topological polar surface area (TPSA) is 49.6 Å². The fourth-order valence-electron chi connectivity index (χ4n) is 6.40. The molecule has 8 aromatic rings. The molecular formula is C47H33N3. The van der Waals surface area contributed by atoms with Gasteiger partial charge in [-0.1, -0.05) is 170 Å². The maximum absolute atomic E-state index is 9.03. The third kappa shape index (κ3) is 6.41. The van der Waals surface area contributed by atoms with Crippen LogP contribution in [0.25, 0.3) is 61.4 Å². The van der Waals surface area contributed by atoms with Gasteiger partial charge in [-0.3, -0.25) is 0 Å². The minimum atomic E-state index is 0.457. The van der Waals surface area contributed by atoms with Crippen molar-refractivity contribution in [2.75, 3.05) is 0 Å². The van der Waals surface area contributed by atoms with Crippen LogP contribution in [-0.2, 0) is 0 Å². The molecule has 0 aliphatic carbocycles. The van der Waals surface area contributed by atoms with Crippen LogP contribution in [0.5, 0.6) is 0 Å². The first kappa shape index (κ1) is 30.6. The summed E-state index contributed by atoms with van der Waals surface area (Å²) in [6, 6.07) is 64.4. The molecule has 1 aromatic heterocycles. The monoisotopic (exact) mass is 639 g/mol. The Morgan fingerprint density at radius 1 is 0.420 bits per heavy atom. The minimum absolute atomic E-state index is 0.457. The number of nitrogens with zero attached hydrogens (tertiary/aromatic N) is 2. The SMILES string of the molecule is N=C(/C=C(/c1ccccc1)c1cccc2ccc(-c3nc(-c4ccccc4)cc(-c4cccc(-c5ccccc5)c4)n3)cc12)c1ccccc1. The van der Waals surface area contributed by atoms with E-state index in [1.807, 2.05) is 78.9 Å². The molecule has 0 saturated heterocycles. The van der Waals surface area contributed by atoms with Gasteiger partial charge in [-0.05, 0) is 68.4 Å². The Hall–Kier alpha value is -6.71. The lowest BCUT2D eigenvalue weighted by Gasteiger charge is -2.14. The van der Waals surface area contributed by atoms with E-state index in [1.165, 1.54) is 0 Å². The van der Waals surface area contributed by atoms with E-state index in [0.717, 1.165) is 72.2 Å². The maximum Gasteiger partial charge on any atom is 0.160 e. The molecule has 3 heteroatoms. The molecule has 50 heavy (non-hydrogen) atoms. The standard InChI is InChI=1S/C47H33N3/c48-44(36-19-9-3-10-20-36)31-43(34-17-7-2-8-18-34)41-26-14-23-35-27-28-40(30-42(35)41)47-49-45(37-21-11-4-12-22-37)32-46(50-47)39-25-13-24-38(29-39)33-15-5-1-6-16-33/h1-32,48H/b43-31-,48-44?. The van der Waals surface area contributed by atoms with E-state index < -0.39 is 0 Å². The highest BCUT2D eigenvalue weighted by molar-refractivity contribution is 6.13. The van der Waals surface area contributed by atoms with Gasteiger partial charge < -0.3 is 5.41 Å². The zero-order valence-electron chi connectivity index (χ0n) is 27.4. The predicted molar refractivity (Wildman–Crippen MR) is 208 cm³/mol. The van der Waals surface area contributed by atoms with Crippen LogP contribution in [0.2, 0.25) is 0 Å². The molecule has 0 saturated carbocycles. The molecule has 0 aliphatic rings. The summed E-state index contributed by atoms with van der Waals surface area (Å²) in [7, 11) is 0. The molecule has 0 amide bonds. The van der Waals surface area contributed by atoms with Gasteiger partial charge in [0.1, 0.15) is 0 Å². The molecule has 1 N–H and O–H groups in total. The van der Waals surface area contributed by atoms with Gasteiger partial charge >= 0.3 is 0 Å². The summed E-state index contributed by atoms with van der Waals surface area (Å²) < 4.78 is 0. The first-order valence-corrected chi connectivity index (χ1v) is 16.7. The zero-order valence-corrected chi connectivity index (χ0v) is 27.4. The number of nitrogens with one attached hydrogen (secondary N) is 1. The van der Waals surface area contributed by atoms with Crippen molar-refractivity contribution in [2.45, 2.75) is 0 Å². The van der Waals surface area contributed by atoms with Crippen LogP contribution in [0.4, 0.5) is 0 Å². The van der Waals surface area contributed by atoms with Crippen molar-refractivity contribution in [2.24, 2.45) is 0 Å². The maximum atomic E-state index is 9.03. The first-order chi connectivity index (χ1) is 24.7. The second kappa shape index (κ2) is 13.8. The lowest BCUT2D eigenvalue weighted by molar-refractivity contribution is 1.18. The summed E-state index contributed by atoms with van der Waals surface area (Å²) in [6.07, 6.45) is 1.98. The number of rotatable bonds is 8. The smallest absolute Gasteiger partial charge is 0.160 e. The molecule has 236 valence electrons. The highest BCUT2D eigenvalue weighted by Gasteiger charge is 2.15. The molecule has 0 atom stereocenters. The van der Waals surface area contributed by atoms with Crippen LogP contribution in [0.3, 0.4) is 0 Å². The predicted octanol–water partition coefficient (Wildman–Crippen LogP) is 11.8. The molecule has 0 aliphatic heterocycles. The van der Waals surface area contributed by atoms with Gasteiger partial charge in [0.2, 0.25) is 0 Å². The van der Waals surface area contributed by atoms with Crippen molar-refractivity contribution < 1.29 is 0 Å². The highest BCUT2D eigenvalue weighted by atomic mass is 14.9. The summed E-state index contributed by atoms with van der Waals surface area (Å²) in [4.78, 5) is 10.3. The van der Waals surface area contributed by atoms with E-state index in [0.29, 0.717) is 11.5 Å². The lowest BCUT2D eigenvalue weighted by atomic mass is 9.90. The zero-order chi connectivity index (χ0) is 33.7. The Balaban J connectivity index is 1.29. The first-order valence-electron chi connectivity index (χ1n) is 16.7. The second-order valence-corrected chi connectivity index (χ2v) is 12.2. The molecule has 0 bridgehead atoms. The molecule has 7 aromatic carbocycles. The summed E-state index contributed by atoms with van der Waals surface area (Å²) in [5.74, 6) is 0.658. The molecule has 3 nitrogen and oxygen atoms in total. The van der Waals surface area contributed by atoms with Crippen LogP contribution in [0.15, 0.2) is 194 Å². The quantitative estimate of drug-likeness (QED) is 0.168. The van der Waals surface area contributed by atoms with E-state index in [-0.39, 0.29) is 0 Å². The van der Waals surface area contributed by atoms with Gasteiger partial charge in [0.15, 0.2) is 5.82 Å². The van der Waals surface area contributed by atoms with E-state index >= 15 is 0 Å². The van der Waals surface area contributed by atoms with Gasteiger partial charge in [-0.2, -0.15) is 0 Å². The fourth-order valence-corrected chi connectivity index (χ4v) is 6.40. The van der Waals surface area contributed by atoms with Gasteiger partial charge in [0.05, 0.1) is 17.1 Å². The molecule has 1 heterocycles. The molecule has 0 spiro atoms. The lowest BCUT2D eigenvalue weighted by Crippen LogP contribution is -1.99. The summed E-state index contributed by atoms with van der Waals surface area (Å²) in [6.45, 7) is 0. The van der Waals surface area contributed by atoms with Crippen LogP contribution < -0.4 is 0 Å². The number of hydrogen-bond acceptors (Lipinski definition) is 3. The Morgan fingerprint density at radius 3 is 1.68 bits per heavy atom. The van der Waals surface area contributed by atoms with E-state index in [1.54, 1.807) is 0 Å². The summed E-state index contributed by atoms with van der Waals surface area (Å²) in [5.41, 5.74) is 11.4. The summed E-state index contributed by atoms with van der Waals surface area (Å²) >= 11 is 0. The van der Waals surface area contributed by atoms with Crippen molar-refractivity contribution in [3.05, 3.63) is 211 Å². The number of hydrogen-bond donors (Lipinski definition) is 1. The normalized spacial score (nSPS) is 11.4. The van der Waals surface area contributed by atoms with E-state index in [9.17, 15) is 0 Å². The molecule has 0 radical (unpaired) electrons. The highest BCUT2D eigenvalue weighted by Crippen LogP contribution is 2.35. The van der Waals surface area contributed by atoms with Gasteiger partial charge in [0, 0.05) is 16.7 Å². The average Bonchev–Trinajstić information content (AvgIpc) is 3.20. The van der Waals surface area contributed by atoms with Crippen molar-refractivity contribution in [3.8, 4) is 45.0 Å². The number of benzene rings is 7. The number of aromatic nitrogens is 2. The van der Waals surface area contributed by atoms with Crippen molar-refractivity contribution >= 4 is 22.1 Å². The Bertz CT molecular complexity index is 2470. The Kier molecular flexibility index (Phi) is 8.45. The molecule has 0 fully saturated rings. The largest absolute Gasteiger partial charge is 0.300 e. The van der Waals surface area contributed by atoms with Crippen molar-refractivity contribution in [1.29, 1.82) is 5.41 Å². The van der Waals surface area contributed by atoms with Crippen LogP contribution in [0.1, 0.15) is 16.7 Å². The third-order valence-electron chi connectivity index (χ3n) is 8.95. The van der Waals surface area contributed by atoms with Crippen LogP contribution in [-0.4, -0.2) is 15.7 Å². The van der Waals surface area contributed by atoms with Crippen LogP contribution >= 0.6 is 0 Å². The third-order valence-corrected chi connectivity index (χ3v) is 8.95. The van der Waals surface area contributed by atoms with Crippen molar-refractivity contribution in [3.63, 3.8) is 0 Å². The average molecular weight is 640 g/mol. The molecule has 0 unspecified atom stereocenters. The van der Waals surface area contributed by atoms with Gasteiger partial charge in [0.25, 0.3) is 0 Å². The number of fused-ring (bicyclic) bond motifs is 1.